The van der Waals surface area contributed by atoms with Crippen LogP contribution in [0.1, 0.15) is 18.4 Å². The Bertz CT molecular complexity index is 1440. The van der Waals surface area contributed by atoms with E-state index in [2.05, 4.69) is 4.98 Å². The first-order valence-electron chi connectivity index (χ1n) is 11.5. The van der Waals surface area contributed by atoms with E-state index < -0.39 is 15.6 Å². The zero-order valence-corrected chi connectivity index (χ0v) is 20.5. The molecule has 1 saturated heterocycles. The Morgan fingerprint density at radius 1 is 0.917 bits per heavy atom. The van der Waals surface area contributed by atoms with E-state index >= 15 is 0 Å². The van der Waals surface area contributed by atoms with E-state index in [1.165, 1.54) is 12.1 Å². The van der Waals surface area contributed by atoms with E-state index in [1.807, 2.05) is 54.6 Å². The maximum Gasteiger partial charge on any atom is 0.400 e. The van der Waals surface area contributed by atoms with Gasteiger partial charge >= 0.3 is 6.08 Å². The molecule has 186 valence electrons. The van der Waals surface area contributed by atoms with E-state index in [4.69, 9.17) is 23.8 Å². The molecule has 0 unspecified atom stereocenters. The maximum atomic E-state index is 11.7. The molecule has 2 heterocycles. The highest BCUT2D eigenvalue weighted by molar-refractivity contribution is 7.89. The molecule has 0 aliphatic carbocycles. The molecule has 3 aromatic carbocycles. The fraction of sp³-hybridized carbons (Fsp3) is 0.222. The van der Waals surface area contributed by atoms with Gasteiger partial charge in [-0.25, -0.2) is 13.6 Å². The third kappa shape index (κ3) is 4.91. The summed E-state index contributed by atoms with van der Waals surface area (Å²) in [4.78, 5) is 4.63. The quantitative estimate of drug-likeness (QED) is 0.371. The maximum absolute atomic E-state index is 11.7. The number of methoxy groups -OCH3 is 1. The predicted molar refractivity (Wildman–Crippen MR) is 134 cm³/mol. The van der Waals surface area contributed by atoms with Crippen LogP contribution < -0.4 is 9.88 Å². The molecule has 0 amide bonds. The first kappa shape index (κ1) is 24.2. The molecule has 0 radical (unpaired) electrons. The number of rotatable bonds is 7. The smallest absolute Gasteiger partial charge is 0.400 e. The molecule has 2 N–H and O–H groups in total. The highest BCUT2D eigenvalue weighted by Crippen LogP contribution is 2.39. The first-order chi connectivity index (χ1) is 17.4. The van der Waals surface area contributed by atoms with Gasteiger partial charge in [-0.2, -0.15) is 4.98 Å². The summed E-state index contributed by atoms with van der Waals surface area (Å²) in [6.07, 6.45) is 1.57. The average molecular weight is 507 g/mol. The zero-order valence-electron chi connectivity index (χ0n) is 19.7. The molecule has 36 heavy (non-hydrogen) atoms. The van der Waals surface area contributed by atoms with Crippen LogP contribution in [-0.4, -0.2) is 33.7 Å². The second-order valence-electron chi connectivity index (χ2n) is 8.53. The highest BCUT2D eigenvalue weighted by atomic mass is 32.2. The van der Waals surface area contributed by atoms with Crippen molar-refractivity contribution in [2.45, 2.75) is 23.3 Å². The van der Waals surface area contributed by atoms with Gasteiger partial charge in [0.15, 0.2) is 5.76 Å². The summed E-state index contributed by atoms with van der Waals surface area (Å²) in [6.45, 7) is 1.26. The minimum Gasteiger partial charge on any atom is -0.411 e. The summed E-state index contributed by atoms with van der Waals surface area (Å²) >= 11 is 0. The van der Waals surface area contributed by atoms with E-state index in [1.54, 1.807) is 19.2 Å². The summed E-state index contributed by atoms with van der Waals surface area (Å²) in [7, 11) is -2.09. The predicted octanol–water partition coefficient (Wildman–Crippen LogP) is 5.10. The summed E-state index contributed by atoms with van der Waals surface area (Å²) in [6, 6.07) is 23.4. The lowest BCUT2D eigenvalue weighted by atomic mass is 9.86. The van der Waals surface area contributed by atoms with Gasteiger partial charge in [0.05, 0.1) is 10.5 Å². The van der Waals surface area contributed by atoms with Crippen molar-refractivity contribution in [3.8, 4) is 34.4 Å². The molecule has 1 fully saturated rings. The van der Waals surface area contributed by atoms with Crippen LogP contribution in [-0.2, 0) is 25.1 Å². The molecule has 0 spiro atoms. The number of hydrogen-bond donors (Lipinski definition) is 1. The Morgan fingerprint density at radius 2 is 1.64 bits per heavy atom. The Hall–Kier alpha value is -3.50. The molecule has 1 aromatic heterocycles. The Labute approximate surface area is 209 Å². The number of nitrogens with two attached hydrogens (primary N) is 1. The van der Waals surface area contributed by atoms with Gasteiger partial charge in [-0.05, 0) is 42.0 Å². The number of benzene rings is 3. The van der Waals surface area contributed by atoms with Gasteiger partial charge in [-0.1, -0.05) is 42.5 Å². The van der Waals surface area contributed by atoms with Crippen molar-refractivity contribution in [3.63, 3.8) is 0 Å². The second kappa shape index (κ2) is 9.87. The number of primary sulfonamides is 1. The van der Waals surface area contributed by atoms with Gasteiger partial charge in [0.1, 0.15) is 11.4 Å². The Balaban J connectivity index is 1.51. The van der Waals surface area contributed by atoms with E-state index in [0.717, 1.165) is 24.0 Å². The third-order valence-electron chi connectivity index (χ3n) is 6.36. The van der Waals surface area contributed by atoms with Crippen molar-refractivity contribution >= 4 is 10.0 Å². The monoisotopic (exact) mass is 506 g/mol. The number of oxazole rings is 1. The van der Waals surface area contributed by atoms with Gasteiger partial charge in [0, 0.05) is 44.3 Å². The van der Waals surface area contributed by atoms with Crippen LogP contribution >= 0.6 is 0 Å². The molecule has 9 heteroatoms. The molecule has 1 aliphatic heterocycles. The minimum atomic E-state index is -3.81. The molecular weight excluding hydrogens is 480 g/mol. The highest BCUT2D eigenvalue weighted by Gasteiger charge is 2.34. The van der Waals surface area contributed by atoms with Crippen LogP contribution in [0.5, 0.6) is 11.8 Å². The van der Waals surface area contributed by atoms with Crippen molar-refractivity contribution in [3.05, 3.63) is 84.4 Å². The number of hydrogen-bond acceptors (Lipinski definition) is 7. The van der Waals surface area contributed by atoms with Crippen LogP contribution in [0.3, 0.4) is 0 Å². The van der Waals surface area contributed by atoms with Crippen LogP contribution in [0, 0.1) is 0 Å². The Kier molecular flexibility index (Phi) is 6.63. The Morgan fingerprint density at radius 3 is 2.31 bits per heavy atom. The fourth-order valence-corrected chi connectivity index (χ4v) is 4.90. The van der Waals surface area contributed by atoms with E-state index in [-0.39, 0.29) is 11.0 Å². The summed E-state index contributed by atoms with van der Waals surface area (Å²) in [5.74, 6) is 1.01. The number of sulfonamides is 1. The van der Waals surface area contributed by atoms with E-state index in [0.29, 0.717) is 36.0 Å². The molecule has 0 bridgehead atoms. The molecule has 1 aliphatic rings. The molecule has 5 rings (SSSR count). The second-order valence-corrected chi connectivity index (χ2v) is 10.1. The number of ether oxygens (including phenoxy) is 3. The standard InChI is InChI=1S/C27H26N2O6S/c1-32-27(14-16-33-17-15-27)21-8-5-9-22(18-21)34-26-29-24(19-6-3-2-4-7-19)25(35-26)20-10-12-23(13-11-20)36(28,30)31/h2-13,18H,14-17H2,1H3,(H2,28,30,31). The largest absolute Gasteiger partial charge is 0.411 e. The number of nitrogens with zero attached hydrogens (tertiary/aromatic N) is 1. The molecule has 0 saturated carbocycles. The van der Waals surface area contributed by atoms with Crippen molar-refractivity contribution in [1.29, 1.82) is 0 Å². The van der Waals surface area contributed by atoms with Crippen molar-refractivity contribution < 1.29 is 27.0 Å². The van der Waals surface area contributed by atoms with Crippen molar-refractivity contribution in [1.82, 2.24) is 4.98 Å². The van der Waals surface area contributed by atoms with E-state index in [9.17, 15) is 8.42 Å². The van der Waals surface area contributed by atoms with Crippen LogP contribution in [0.2, 0.25) is 0 Å². The third-order valence-corrected chi connectivity index (χ3v) is 7.29. The lowest BCUT2D eigenvalue weighted by molar-refractivity contribution is -0.0948. The van der Waals surface area contributed by atoms with Gasteiger partial charge in [-0.3, -0.25) is 0 Å². The zero-order chi connectivity index (χ0) is 25.2. The average Bonchev–Trinajstić information content (AvgIpc) is 3.33. The topological polar surface area (TPSA) is 114 Å². The van der Waals surface area contributed by atoms with Gasteiger partial charge in [0.2, 0.25) is 10.0 Å². The lowest BCUT2D eigenvalue weighted by Gasteiger charge is -2.36. The SMILES string of the molecule is COC1(c2cccc(Oc3nc(-c4ccccc4)c(-c4ccc(S(N)(=O)=O)cc4)o3)c2)CCOCC1. The van der Waals surface area contributed by atoms with Crippen LogP contribution in [0.15, 0.2) is 88.2 Å². The molecule has 0 atom stereocenters. The minimum absolute atomic E-state index is 0.0144. The van der Waals surface area contributed by atoms with Gasteiger partial charge in [0.25, 0.3) is 0 Å². The molecule has 4 aromatic rings. The fourth-order valence-electron chi connectivity index (χ4n) is 4.38. The lowest BCUT2D eigenvalue weighted by Crippen LogP contribution is -2.35. The van der Waals surface area contributed by atoms with Crippen molar-refractivity contribution in [2.24, 2.45) is 5.14 Å². The molecular formula is C27H26N2O6S. The summed E-state index contributed by atoms with van der Waals surface area (Å²) in [5, 5.41) is 5.24. The summed E-state index contributed by atoms with van der Waals surface area (Å²) in [5.41, 5.74) is 2.61. The van der Waals surface area contributed by atoms with Gasteiger partial charge < -0.3 is 18.6 Å². The van der Waals surface area contributed by atoms with Crippen LogP contribution in [0.4, 0.5) is 0 Å². The summed E-state index contributed by atoms with van der Waals surface area (Å²) < 4.78 is 46.9. The number of aromatic nitrogens is 1. The molecule has 8 nitrogen and oxygen atoms in total. The van der Waals surface area contributed by atoms with Crippen LogP contribution in [0.25, 0.3) is 22.6 Å². The normalized spacial score (nSPS) is 15.5. The first-order valence-corrected chi connectivity index (χ1v) is 13.0. The van der Waals surface area contributed by atoms with Crippen molar-refractivity contribution in [2.75, 3.05) is 20.3 Å². The van der Waals surface area contributed by atoms with Gasteiger partial charge in [-0.15, -0.1) is 0 Å².